The second kappa shape index (κ2) is 9.46. The van der Waals surface area contributed by atoms with Crippen molar-refractivity contribution in [3.8, 4) is 0 Å². The first-order valence-corrected chi connectivity index (χ1v) is 10.4. The maximum Gasteiger partial charge on any atom is 0.267 e. The first-order valence-electron chi connectivity index (χ1n) is 9.63. The Morgan fingerprint density at radius 3 is 2.46 bits per heavy atom. The number of carbonyl (C=O) groups excluding carboxylic acids is 1. The van der Waals surface area contributed by atoms with E-state index in [0.29, 0.717) is 4.88 Å². The molecular weight excluding hydrogens is 368 g/mol. The first kappa shape index (κ1) is 20.0. The van der Waals surface area contributed by atoms with Gasteiger partial charge in [-0.25, -0.2) is 4.98 Å². The van der Waals surface area contributed by atoms with Crippen molar-refractivity contribution in [1.29, 1.82) is 0 Å². The van der Waals surface area contributed by atoms with E-state index in [9.17, 15) is 4.79 Å². The molecule has 0 aliphatic carbocycles. The zero-order chi connectivity index (χ0) is 19.9. The summed E-state index contributed by atoms with van der Waals surface area (Å²) in [6.45, 7) is 8.08. The van der Waals surface area contributed by atoms with Crippen LogP contribution in [0, 0.1) is 6.92 Å². The Morgan fingerprint density at radius 1 is 1.07 bits per heavy atom. The van der Waals surface area contributed by atoms with Gasteiger partial charge in [-0.1, -0.05) is 6.07 Å². The molecule has 0 unspecified atom stereocenters. The monoisotopic (exact) mass is 394 g/mol. The minimum atomic E-state index is -0.102. The van der Waals surface area contributed by atoms with E-state index >= 15 is 0 Å². The number of nitrogens with zero attached hydrogens (tertiary/aromatic N) is 3. The SMILES string of the molecule is CCN(CC)c1ccc(NC(=O)c2sc(CCc3ccccn3)nc2C)cc1. The van der Waals surface area contributed by atoms with Gasteiger partial charge in [-0.3, -0.25) is 9.78 Å². The van der Waals surface area contributed by atoms with Gasteiger partial charge >= 0.3 is 0 Å². The Morgan fingerprint density at radius 2 is 1.82 bits per heavy atom. The molecule has 0 saturated carbocycles. The van der Waals surface area contributed by atoms with Crippen LogP contribution in [0.4, 0.5) is 11.4 Å². The third-order valence-electron chi connectivity index (χ3n) is 4.62. The Hall–Kier alpha value is -2.73. The molecule has 5 nitrogen and oxygen atoms in total. The number of hydrogen-bond acceptors (Lipinski definition) is 5. The number of rotatable bonds is 8. The zero-order valence-corrected chi connectivity index (χ0v) is 17.4. The van der Waals surface area contributed by atoms with Crippen LogP contribution in [-0.4, -0.2) is 29.0 Å². The van der Waals surface area contributed by atoms with Gasteiger partial charge in [0.25, 0.3) is 5.91 Å². The molecule has 0 atom stereocenters. The van der Waals surface area contributed by atoms with E-state index in [2.05, 4.69) is 34.0 Å². The molecule has 1 N–H and O–H groups in total. The van der Waals surface area contributed by atoms with E-state index < -0.39 is 0 Å². The number of nitrogens with one attached hydrogen (secondary N) is 1. The van der Waals surface area contributed by atoms with Crippen LogP contribution < -0.4 is 10.2 Å². The second-order valence-electron chi connectivity index (χ2n) is 6.52. The van der Waals surface area contributed by atoms with Crippen LogP contribution in [0.25, 0.3) is 0 Å². The molecule has 0 fully saturated rings. The molecule has 1 amide bonds. The standard InChI is InChI=1S/C22H26N4OS/c1-4-26(5-2)19-12-9-18(10-13-19)25-22(27)21-16(3)24-20(28-21)14-11-17-8-6-7-15-23-17/h6-10,12-13,15H,4-5,11,14H2,1-3H3,(H,25,27). The van der Waals surface area contributed by atoms with E-state index in [1.165, 1.54) is 11.3 Å². The molecule has 2 aromatic heterocycles. The van der Waals surface area contributed by atoms with Crippen molar-refractivity contribution in [2.75, 3.05) is 23.3 Å². The predicted molar refractivity (Wildman–Crippen MR) is 116 cm³/mol. The van der Waals surface area contributed by atoms with Crippen LogP contribution in [0.15, 0.2) is 48.7 Å². The number of aromatic nitrogens is 2. The fraction of sp³-hybridized carbons (Fsp3) is 0.318. The molecule has 0 aliphatic rings. The number of carbonyl (C=O) groups is 1. The number of amides is 1. The smallest absolute Gasteiger partial charge is 0.267 e. The van der Waals surface area contributed by atoms with Crippen molar-refractivity contribution in [2.24, 2.45) is 0 Å². The van der Waals surface area contributed by atoms with Crippen molar-refractivity contribution < 1.29 is 4.79 Å². The molecule has 0 aliphatic heterocycles. The number of pyridine rings is 1. The topological polar surface area (TPSA) is 58.1 Å². The molecule has 3 rings (SSSR count). The van der Waals surface area contributed by atoms with E-state index in [1.807, 2.05) is 49.4 Å². The average Bonchev–Trinajstić information content (AvgIpc) is 3.10. The Labute approximate surface area is 170 Å². The quantitative estimate of drug-likeness (QED) is 0.600. The third-order valence-corrected chi connectivity index (χ3v) is 5.84. The summed E-state index contributed by atoms with van der Waals surface area (Å²) in [7, 11) is 0. The molecule has 0 radical (unpaired) electrons. The lowest BCUT2D eigenvalue weighted by atomic mass is 10.2. The number of thiazole rings is 1. The van der Waals surface area contributed by atoms with Crippen molar-refractivity contribution in [3.05, 3.63) is 69.9 Å². The maximum atomic E-state index is 12.7. The third kappa shape index (κ3) is 4.95. The normalized spacial score (nSPS) is 10.7. The van der Waals surface area contributed by atoms with Gasteiger partial charge in [0.2, 0.25) is 0 Å². The van der Waals surface area contributed by atoms with Crippen molar-refractivity contribution >= 4 is 28.6 Å². The average molecular weight is 395 g/mol. The molecule has 3 aromatic rings. The second-order valence-corrected chi connectivity index (χ2v) is 7.60. The molecule has 28 heavy (non-hydrogen) atoms. The predicted octanol–water partition coefficient (Wildman–Crippen LogP) is 4.73. The van der Waals surface area contributed by atoms with Gasteiger partial charge in [0.05, 0.1) is 10.7 Å². The fourth-order valence-corrected chi connectivity index (χ4v) is 4.04. The van der Waals surface area contributed by atoms with Crippen LogP contribution in [-0.2, 0) is 12.8 Å². The fourth-order valence-electron chi connectivity index (χ4n) is 3.08. The first-order chi connectivity index (χ1) is 13.6. The highest BCUT2D eigenvalue weighted by Crippen LogP contribution is 2.22. The van der Waals surface area contributed by atoms with Crippen LogP contribution in [0.5, 0.6) is 0 Å². The highest BCUT2D eigenvalue weighted by atomic mass is 32.1. The zero-order valence-electron chi connectivity index (χ0n) is 16.6. The highest BCUT2D eigenvalue weighted by molar-refractivity contribution is 7.13. The molecule has 0 bridgehead atoms. The summed E-state index contributed by atoms with van der Waals surface area (Å²) in [5.74, 6) is -0.102. The van der Waals surface area contributed by atoms with Crippen LogP contribution >= 0.6 is 11.3 Å². The van der Waals surface area contributed by atoms with E-state index in [0.717, 1.165) is 53.7 Å². The summed E-state index contributed by atoms with van der Waals surface area (Å²) < 4.78 is 0. The van der Waals surface area contributed by atoms with Gasteiger partial charge in [-0.15, -0.1) is 11.3 Å². The summed E-state index contributed by atoms with van der Waals surface area (Å²) in [6, 6.07) is 13.9. The molecule has 0 spiro atoms. The van der Waals surface area contributed by atoms with Crippen molar-refractivity contribution in [3.63, 3.8) is 0 Å². The minimum Gasteiger partial charge on any atom is -0.372 e. The van der Waals surface area contributed by atoms with Crippen molar-refractivity contribution in [1.82, 2.24) is 9.97 Å². The number of benzene rings is 1. The summed E-state index contributed by atoms with van der Waals surface area (Å²) in [6.07, 6.45) is 3.41. The lowest BCUT2D eigenvalue weighted by Gasteiger charge is -2.21. The van der Waals surface area contributed by atoms with E-state index in [-0.39, 0.29) is 5.91 Å². The summed E-state index contributed by atoms with van der Waals surface area (Å²) in [5.41, 5.74) is 3.77. The molecule has 146 valence electrons. The van der Waals surface area contributed by atoms with E-state index in [1.54, 1.807) is 6.20 Å². The molecule has 0 saturated heterocycles. The summed E-state index contributed by atoms with van der Waals surface area (Å²) in [4.78, 5) is 24.5. The maximum absolute atomic E-state index is 12.7. The van der Waals surface area contributed by atoms with Gasteiger partial charge in [-0.2, -0.15) is 0 Å². The number of aryl methyl sites for hydroxylation is 3. The largest absolute Gasteiger partial charge is 0.372 e. The Kier molecular flexibility index (Phi) is 6.76. The lowest BCUT2D eigenvalue weighted by Crippen LogP contribution is -2.21. The van der Waals surface area contributed by atoms with Crippen molar-refractivity contribution in [2.45, 2.75) is 33.6 Å². The van der Waals surface area contributed by atoms with Gasteiger partial charge < -0.3 is 10.2 Å². The number of anilines is 2. The molecule has 2 heterocycles. The van der Waals surface area contributed by atoms with Crippen LogP contribution in [0.1, 0.15) is 39.9 Å². The van der Waals surface area contributed by atoms with Gasteiger partial charge in [-0.05, 0) is 63.6 Å². The lowest BCUT2D eigenvalue weighted by molar-refractivity contribution is 0.103. The van der Waals surface area contributed by atoms with Crippen LogP contribution in [0.2, 0.25) is 0 Å². The van der Waals surface area contributed by atoms with Gasteiger partial charge in [0.1, 0.15) is 4.88 Å². The van der Waals surface area contributed by atoms with Gasteiger partial charge in [0, 0.05) is 42.8 Å². The molecular formula is C22H26N4OS. The number of hydrogen-bond donors (Lipinski definition) is 1. The Balaban J connectivity index is 1.63. The van der Waals surface area contributed by atoms with E-state index in [4.69, 9.17) is 0 Å². The van der Waals surface area contributed by atoms with Gasteiger partial charge in [0.15, 0.2) is 0 Å². The molecule has 1 aromatic carbocycles. The molecule has 6 heteroatoms. The Bertz CT molecular complexity index is 902. The summed E-state index contributed by atoms with van der Waals surface area (Å²) >= 11 is 1.46. The minimum absolute atomic E-state index is 0.102. The summed E-state index contributed by atoms with van der Waals surface area (Å²) in [5, 5.41) is 3.95. The van der Waals surface area contributed by atoms with Crippen LogP contribution in [0.3, 0.4) is 0 Å². The highest BCUT2D eigenvalue weighted by Gasteiger charge is 2.16.